The number of hydrogen-bond donors (Lipinski definition) is 1. The van der Waals surface area contributed by atoms with Crippen LogP contribution < -0.4 is 4.74 Å². The van der Waals surface area contributed by atoms with Gasteiger partial charge < -0.3 is 9.84 Å². The zero-order valence-corrected chi connectivity index (χ0v) is 17.4. The van der Waals surface area contributed by atoms with Crippen LogP contribution in [-0.4, -0.2) is 5.11 Å². The van der Waals surface area contributed by atoms with Gasteiger partial charge in [0, 0.05) is 16.7 Å². The van der Waals surface area contributed by atoms with Gasteiger partial charge in [-0.05, 0) is 39.7 Å². The van der Waals surface area contributed by atoms with Crippen LogP contribution in [0.2, 0.25) is 0 Å². The molecule has 0 spiro atoms. The maximum atomic E-state index is 13.5. The van der Waals surface area contributed by atoms with Gasteiger partial charge in [0.05, 0.1) is 5.56 Å². The highest BCUT2D eigenvalue weighted by Gasteiger charge is 2.33. The molecule has 0 aliphatic rings. The SMILES string of the molecule is Oc1ccc2ccccc2c1-c1c(OCc2ccccc2C(F)(F)F)ccc2ccccc12. The highest BCUT2D eigenvalue weighted by Crippen LogP contribution is 2.45. The van der Waals surface area contributed by atoms with Crippen LogP contribution >= 0.6 is 0 Å². The third-order valence-corrected chi connectivity index (χ3v) is 5.75. The van der Waals surface area contributed by atoms with E-state index in [1.54, 1.807) is 18.2 Å². The predicted molar refractivity (Wildman–Crippen MR) is 124 cm³/mol. The third-order valence-electron chi connectivity index (χ3n) is 5.75. The minimum atomic E-state index is -4.47. The average Bonchev–Trinajstić information content (AvgIpc) is 2.82. The summed E-state index contributed by atoms with van der Waals surface area (Å²) < 4.78 is 46.4. The molecular weight excluding hydrogens is 425 g/mol. The van der Waals surface area contributed by atoms with Crippen molar-refractivity contribution in [3.8, 4) is 22.6 Å². The van der Waals surface area contributed by atoms with Crippen molar-refractivity contribution in [1.82, 2.24) is 0 Å². The fourth-order valence-corrected chi connectivity index (χ4v) is 4.23. The van der Waals surface area contributed by atoms with Crippen LogP contribution in [0.15, 0.2) is 97.1 Å². The molecule has 2 nitrogen and oxygen atoms in total. The molecule has 0 unspecified atom stereocenters. The van der Waals surface area contributed by atoms with Crippen LogP contribution in [0.25, 0.3) is 32.7 Å². The number of rotatable bonds is 4. The van der Waals surface area contributed by atoms with Crippen molar-refractivity contribution in [2.45, 2.75) is 12.8 Å². The first-order valence-corrected chi connectivity index (χ1v) is 10.4. The second-order valence-corrected chi connectivity index (χ2v) is 7.78. The Balaban J connectivity index is 1.69. The normalized spacial score (nSPS) is 11.7. The second-order valence-electron chi connectivity index (χ2n) is 7.78. The third kappa shape index (κ3) is 3.87. The molecule has 0 radical (unpaired) electrons. The molecule has 0 bridgehead atoms. The van der Waals surface area contributed by atoms with Crippen molar-refractivity contribution in [1.29, 1.82) is 0 Å². The van der Waals surface area contributed by atoms with E-state index in [0.29, 0.717) is 16.9 Å². The summed E-state index contributed by atoms with van der Waals surface area (Å²) in [4.78, 5) is 0. The highest BCUT2D eigenvalue weighted by atomic mass is 19.4. The van der Waals surface area contributed by atoms with Gasteiger partial charge in [-0.25, -0.2) is 0 Å². The lowest BCUT2D eigenvalue weighted by molar-refractivity contribution is -0.138. The monoisotopic (exact) mass is 444 g/mol. The summed E-state index contributed by atoms with van der Waals surface area (Å²) >= 11 is 0. The van der Waals surface area contributed by atoms with Gasteiger partial charge in [0.25, 0.3) is 0 Å². The fraction of sp³-hybridized carbons (Fsp3) is 0.0714. The summed E-state index contributed by atoms with van der Waals surface area (Å²) in [6.45, 7) is -0.257. The molecular formula is C28H19F3O2. The number of halogens is 3. The van der Waals surface area contributed by atoms with Gasteiger partial charge in [-0.3, -0.25) is 0 Å². The smallest absolute Gasteiger partial charge is 0.416 e. The van der Waals surface area contributed by atoms with E-state index < -0.39 is 11.7 Å². The largest absolute Gasteiger partial charge is 0.507 e. The number of phenolic OH excluding ortho intramolecular Hbond substituents is 1. The molecule has 0 aliphatic carbocycles. The van der Waals surface area contributed by atoms with Crippen molar-refractivity contribution < 1.29 is 23.0 Å². The lowest BCUT2D eigenvalue weighted by Gasteiger charge is -2.19. The van der Waals surface area contributed by atoms with Gasteiger partial charge in [-0.1, -0.05) is 78.9 Å². The zero-order chi connectivity index (χ0) is 23.0. The molecule has 0 atom stereocenters. The molecule has 33 heavy (non-hydrogen) atoms. The average molecular weight is 444 g/mol. The summed E-state index contributed by atoms with van der Waals surface area (Å²) in [5.41, 5.74) is 0.558. The van der Waals surface area contributed by atoms with Gasteiger partial charge in [0.2, 0.25) is 0 Å². The quantitative estimate of drug-likeness (QED) is 0.305. The molecule has 5 rings (SSSR count). The first-order chi connectivity index (χ1) is 15.9. The van der Waals surface area contributed by atoms with Crippen molar-refractivity contribution >= 4 is 21.5 Å². The van der Waals surface area contributed by atoms with Crippen LogP contribution in [0.1, 0.15) is 11.1 Å². The second kappa shape index (κ2) is 8.17. The zero-order valence-electron chi connectivity index (χ0n) is 17.4. The van der Waals surface area contributed by atoms with Crippen molar-refractivity contribution in [2.24, 2.45) is 0 Å². The fourth-order valence-electron chi connectivity index (χ4n) is 4.23. The van der Waals surface area contributed by atoms with E-state index in [1.807, 2.05) is 60.7 Å². The molecule has 0 aromatic heterocycles. The predicted octanol–water partition coefficient (Wildman–Crippen LogP) is 7.96. The highest BCUT2D eigenvalue weighted by molar-refractivity contribution is 6.09. The summed E-state index contributed by atoms with van der Waals surface area (Å²) in [5.74, 6) is 0.475. The molecule has 0 saturated heterocycles. The molecule has 164 valence electrons. The van der Waals surface area contributed by atoms with Crippen LogP contribution in [0, 0.1) is 0 Å². The molecule has 5 heteroatoms. The minimum absolute atomic E-state index is 0.0475. The van der Waals surface area contributed by atoms with Gasteiger partial charge in [-0.15, -0.1) is 0 Å². The van der Waals surface area contributed by atoms with E-state index in [2.05, 4.69) is 0 Å². The lowest BCUT2D eigenvalue weighted by Crippen LogP contribution is -2.11. The topological polar surface area (TPSA) is 29.5 Å². The number of benzene rings is 5. The maximum Gasteiger partial charge on any atom is 0.416 e. The van der Waals surface area contributed by atoms with Crippen molar-refractivity contribution in [3.05, 3.63) is 108 Å². The molecule has 5 aromatic carbocycles. The van der Waals surface area contributed by atoms with Gasteiger partial charge >= 0.3 is 6.18 Å². The molecule has 1 N–H and O–H groups in total. The molecule has 0 amide bonds. The molecule has 0 aliphatic heterocycles. The van der Waals surface area contributed by atoms with E-state index in [9.17, 15) is 18.3 Å². The Hall–Kier alpha value is -3.99. The number of phenols is 1. The molecule has 0 fully saturated rings. The van der Waals surface area contributed by atoms with E-state index in [1.165, 1.54) is 12.1 Å². The summed E-state index contributed by atoms with van der Waals surface area (Å²) in [7, 11) is 0. The summed E-state index contributed by atoms with van der Waals surface area (Å²) in [6, 6.07) is 27.8. The van der Waals surface area contributed by atoms with Gasteiger partial charge in [0.15, 0.2) is 0 Å². The number of fused-ring (bicyclic) bond motifs is 2. The van der Waals surface area contributed by atoms with Crippen LogP contribution in [0.5, 0.6) is 11.5 Å². The van der Waals surface area contributed by atoms with Crippen LogP contribution in [-0.2, 0) is 12.8 Å². The van der Waals surface area contributed by atoms with E-state index in [-0.39, 0.29) is 17.9 Å². The first kappa shape index (κ1) is 20.9. The Morgan fingerprint density at radius 1 is 0.636 bits per heavy atom. The van der Waals surface area contributed by atoms with Gasteiger partial charge in [0.1, 0.15) is 18.1 Å². The number of ether oxygens (including phenoxy) is 1. The standard InChI is InChI=1S/C28H19F3O2/c29-28(30,31)23-12-6-3-9-20(23)17-33-25-16-14-19-8-2-5-11-22(19)27(25)26-21-10-4-1-7-18(21)13-15-24(26)32/h1-16,32H,17H2. The summed E-state index contributed by atoms with van der Waals surface area (Å²) in [6.07, 6.45) is -4.47. The number of alkyl halides is 3. The Bertz CT molecular complexity index is 1470. The Morgan fingerprint density at radius 3 is 1.91 bits per heavy atom. The Kier molecular flexibility index (Phi) is 5.17. The first-order valence-electron chi connectivity index (χ1n) is 10.4. The number of aromatic hydroxyl groups is 1. The van der Waals surface area contributed by atoms with Crippen molar-refractivity contribution in [2.75, 3.05) is 0 Å². The van der Waals surface area contributed by atoms with E-state index >= 15 is 0 Å². The lowest BCUT2D eigenvalue weighted by atomic mass is 9.92. The summed E-state index contributed by atoms with van der Waals surface area (Å²) in [5, 5.41) is 14.4. The van der Waals surface area contributed by atoms with Crippen LogP contribution in [0.4, 0.5) is 13.2 Å². The van der Waals surface area contributed by atoms with Crippen molar-refractivity contribution in [3.63, 3.8) is 0 Å². The minimum Gasteiger partial charge on any atom is -0.507 e. The van der Waals surface area contributed by atoms with E-state index in [0.717, 1.165) is 27.6 Å². The Labute approximate surface area is 188 Å². The Morgan fingerprint density at radius 2 is 1.21 bits per heavy atom. The van der Waals surface area contributed by atoms with E-state index in [4.69, 9.17) is 4.74 Å². The molecule has 5 aromatic rings. The molecule has 0 heterocycles. The molecule has 0 saturated carbocycles. The maximum absolute atomic E-state index is 13.5. The number of hydrogen-bond acceptors (Lipinski definition) is 2. The van der Waals surface area contributed by atoms with Crippen LogP contribution in [0.3, 0.4) is 0 Å². The van der Waals surface area contributed by atoms with Gasteiger partial charge in [-0.2, -0.15) is 13.2 Å².